The van der Waals surface area contributed by atoms with Gasteiger partial charge in [0.25, 0.3) is 0 Å². The van der Waals surface area contributed by atoms with Crippen molar-refractivity contribution in [3.63, 3.8) is 0 Å². The van der Waals surface area contributed by atoms with Gasteiger partial charge < -0.3 is 20.5 Å². The molecule has 1 aromatic rings. The van der Waals surface area contributed by atoms with Crippen LogP contribution in [0.3, 0.4) is 0 Å². The molecule has 1 aromatic carbocycles. The Morgan fingerprint density at radius 1 is 1.33 bits per heavy atom. The Labute approximate surface area is 108 Å². The molecule has 0 radical (unpaired) electrons. The molecule has 18 heavy (non-hydrogen) atoms. The van der Waals surface area contributed by atoms with E-state index in [0.717, 1.165) is 11.4 Å². The summed E-state index contributed by atoms with van der Waals surface area (Å²) in [6.45, 7) is 1.18. The second-order valence-corrected chi connectivity index (χ2v) is 4.89. The highest BCUT2D eigenvalue weighted by molar-refractivity contribution is 5.58. The second kappa shape index (κ2) is 5.59. The molecule has 4 nitrogen and oxygen atoms in total. The Hall–Kier alpha value is -1.26. The van der Waals surface area contributed by atoms with E-state index in [1.54, 1.807) is 14.2 Å². The molecule has 1 aliphatic carbocycles. The van der Waals surface area contributed by atoms with Crippen LogP contribution in [0.5, 0.6) is 5.75 Å². The molecular formula is C14H22N2O2. The number of ether oxygens (including phenoxy) is 2. The summed E-state index contributed by atoms with van der Waals surface area (Å²) in [5.41, 5.74) is 6.79. The minimum absolute atomic E-state index is 0.177. The summed E-state index contributed by atoms with van der Waals surface area (Å²) in [7, 11) is 3.40. The third-order valence-electron chi connectivity index (χ3n) is 3.62. The Morgan fingerprint density at radius 3 is 2.61 bits per heavy atom. The van der Waals surface area contributed by atoms with Gasteiger partial charge in [-0.3, -0.25) is 0 Å². The smallest absolute Gasteiger partial charge is 0.141 e. The van der Waals surface area contributed by atoms with Crippen LogP contribution in [0.2, 0.25) is 0 Å². The minimum atomic E-state index is -0.177. The molecule has 1 fully saturated rings. The van der Waals surface area contributed by atoms with Gasteiger partial charge in [-0.15, -0.1) is 0 Å². The molecule has 4 heteroatoms. The Kier molecular flexibility index (Phi) is 4.09. The predicted molar refractivity (Wildman–Crippen MR) is 73.0 cm³/mol. The Bertz CT molecular complexity index is 393. The lowest BCUT2D eigenvalue weighted by Gasteiger charge is -2.34. The summed E-state index contributed by atoms with van der Waals surface area (Å²) >= 11 is 0. The van der Waals surface area contributed by atoms with Crippen molar-refractivity contribution < 1.29 is 9.47 Å². The van der Waals surface area contributed by atoms with Gasteiger partial charge in [0.15, 0.2) is 0 Å². The summed E-state index contributed by atoms with van der Waals surface area (Å²) < 4.78 is 10.7. The first-order valence-electron chi connectivity index (χ1n) is 6.36. The minimum Gasteiger partial charge on any atom is -0.495 e. The fourth-order valence-electron chi connectivity index (χ4n) is 2.44. The zero-order valence-electron chi connectivity index (χ0n) is 11.1. The molecule has 0 bridgehead atoms. The lowest BCUT2D eigenvalue weighted by atomic mass is 9.93. The van der Waals surface area contributed by atoms with Crippen LogP contribution in [0.15, 0.2) is 24.3 Å². The molecule has 1 atom stereocenters. The largest absolute Gasteiger partial charge is 0.495 e. The molecule has 2 rings (SSSR count). The van der Waals surface area contributed by atoms with E-state index in [4.69, 9.17) is 15.2 Å². The monoisotopic (exact) mass is 250 g/mol. The maximum atomic E-state index is 5.99. The summed E-state index contributed by atoms with van der Waals surface area (Å²) in [4.78, 5) is 0. The van der Waals surface area contributed by atoms with E-state index in [0.29, 0.717) is 19.1 Å². The number of nitrogens with one attached hydrogen (secondary N) is 1. The highest BCUT2D eigenvalue weighted by Gasteiger charge is 2.44. The van der Waals surface area contributed by atoms with Gasteiger partial charge in [0.2, 0.25) is 0 Å². The van der Waals surface area contributed by atoms with Crippen molar-refractivity contribution in [2.24, 2.45) is 11.7 Å². The van der Waals surface area contributed by atoms with Gasteiger partial charge >= 0.3 is 0 Å². The number of nitrogens with two attached hydrogens (primary N) is 1. The van der Waals surface area contributed by atoms with Crippen molar-refractivity contribution in [1.29, 1.82) is 0 Å². The molecule has 1 saturated carbocycles. The normalized spacial score (nSPS) is 18.2. The molecule has 1 unspecified atom stereocenters. The van der Waals surface area contributed by atoms with Crippen molar-refractivity contribution >= 4 is 5.69 Å². The van der Waals surface area contributed by atoms with E-state index in [9.17, 15) is 0 Å². The topological polar surface area (TPSA) is 56.5 Å². The van der Waals surface area contributed by atoms with Gasteiger partial charge in [0, 0.05) is 13.7 Å². The van der Waals surface area contributed by atoms with Crippen molar-refractivity contribution in [3.8, 4) is 5.75 Å². The van der Waals surface area contributed by atoms with Crippen LogP contribution in [-0.2, 0) is 4.74 Å². The molecule has 0 aromatic heterocycles. The molecule has 0 saturated heterocycles. The van der Waals surface area contributed by atoms with Gasteiger partial charge in [-0.25, -0.2) is 0 Å². The average Bonchev–Trinajstić information content (AvgIpc) is 3.23. The zero-order chi connectivity index (χ0) is 13.0. The SMILES string of the molecule is COCC(CN)(Nc1ccccc1OC)C1CC1. The van der Waals surface area contributed by atoms with E-state index in [1.807, 2.05) is 24.3 Å². The lowest BCUT2D eigenvalue weighted by molar-refractivity contribution is 0.134. The van der Waals surface area contributed by atoms with E-state index >= 15 is 0 Å². The molecule has 0 amide bonds. The van der Waals surface area contributed by atoms with Crippen molar-refractivity contribution in [2.45, 2.75) is 18.4 Å². The number of para-hydroxylation sites is 2. The van der Waals surface area contributed by atoms with Crippen LogP contribution in [0, 0.1) is 5.92 Å². The van der Waals surface area contributed by atoms with Crippen LogP contribution in [0.4, 0.5) is 5.69 Å². The summed E-state index contributed by atoms with van der Waals surface area (Å²) in [6.07, 6.45) is 2.42. The standard InChI is InChI=1S/C14H22N2O2/c1-17-10-14(9-15,11-7-8-11)16-12-5-3-4-6-13(12)18-2/h3-6,11,16H,7-10,15H2,1-2H3. The van der Waals surface area contributed by atoms with Gasteiger partial charge in [0.1, 0.15) is 5.75 Å². The first-order valence-corrected chi connectivity index (χ1v) is 6.36. The molecule has 0 aliphatic heterocycles. The molecular weight excluding hydrogens is 228 g/mol. The maximum Gasteiger partial charge on any atom is 0.141 e. The van der Waals surface area contributed by atoms with Crippen molar-refractivity contribution in [2.75, 3.05) is 32.7 Å². The number of rotatable bonds is 7. The van der Waals surface area contributed by atoms with Crippen LogP contribution in [-0.4, -0.2) is 32.9 Å². The molecule has 0 heterocycles. The third kappa shape index (κ3) is 2.60. The quantitative estimate of drug-likeness (QED) is 0.775. The predicted octanol–water partition coefficient (Wildman–Crippen LogP) is 1.86. The van der Waals surface area contributed by atoms with Crippen LogP contribution in [0.25, 0.3) is 0 Å². The number of anilines is 1. The average molecular weight is 250 g/mol. The van der Waals surface area contributed by atoms with Crippen molar-refractivity contribution in [1.82, 2.24) is 0 Å². The summed E-state index contributed by atoms with van der Waals surface area (Å²) in [6, 6.07) is 7.91. The van der Waals surface area contributed by atoms with Crippen LogP contribution >= 0.6 is 0 Å². The molecule has 0 spiro atoms. The molecule has 3 N–H and O–H groups in total. The maximum absolute atomic E-state index is 5.99. The zero-order valence-corrected chi connectivity index (χ0v) is 11.1. The third-order valence-corrected chi connectivity index (χ3v) is 3.62. The van der Waals surface area contributed by atoms with Gasteiger partial charge in [-0.2, -0.15) is 0 Å². The van der Waals surface area contributed by atoms with Crippen molar-refractivity contribution in [3.05, 3.63) is 24.3 Å². The fraction of sp³-hybridized carbons (Fsp3) is 0.571. The number of benzene rings is 1. The number of hydrogen-bond donors (Lipinski definition) is 2. The molecule has 1 aliphatic rings. The second-order valence-electron chi connectivity index (χ2n) is 4.89. The fourth-order valence-corrected chi connectivity index (χ4v) is 2.44. The van der Waals surface area contributed by atoms with Gasteiger partial charge in [-0.05, 0) is 30.9 Å². The van der Waals surface area contributed by atoms with Crippen LogP contribution < -0.4 is 15.8 Å². The van der Waals surface area contributed by atoms with Gasteiger partial charge in [-0.1, -0.05) is 12.1 Å². The van der Waals surface area contributed by atoms with E-state index in [1.165, 1.54) is 12.8 Å². The first-order chi connectivity index (χ1) is 8.75. The Morgan fingerprint density at radius 2 is 2.06 bits per heavy atom. The summed E-state index contributed by atoms with van der Waals surface area (Å²) in [5.74, 6) is 1.43. The first kappa shape index (κ1) is 13.2. The summed E-state index contributed by atoms with van der Waals surface area (Å²) in [5, 5.41) is 3.55. The highest BCUT2D eigenvalue weighted by atomic mass is 16.5. The van der Waals surface area contributed by atoms with E-state index in [-0.39, 0.29) is 5.54 Å². The number of methoxy groups -OCH3 is 2. The van der Waals surface area contributed by atoms with Crippen LogP contribution in [0.1, 0.15) is 12.8 Å². The molecule has 100 valence electrons. The van der Waals surface area contributed by atoms with E-state index in [2.05, 4.69) is 5.32 Å². The van der Waals surface area contributed by atoms with E-state index < -0.39 is 0 Å². The Balaban J connectivity index is 2.22. The van der Waals surface area contributed by atoms with Gasteiger partial charge in [0.05, 0.1) is 24.9 Å². The lowest BCUT2D eigenvalue weighted by Crippen LogP contribution is -2.51. The highest BCUT2D eigenvalue weighted by Crippen LogP contribution is 2.42. The number of hydrogen-bond acceptors (Lipinski definition) is 4.